The third-order valence-electron chi connectivity index (χ3n) is 6.54. The van der Waals surface area contributed by atoms with Gasteiger partial charge in [0, 0.05) is 10.5 Å². The summed E-state index contributed by atoms with van der Waals surface area (Å²) in [6.07, 6.45) is 11.3. The van der Waals surface area contributed by atoms with Gasteiger partial charge < -0.3 is 4.90 Å². The Hall–Kier alpha value is -0.500. The minimum Gasteiger partial charge on any atom is -0.303 e. The van der Waals surface area contributed by atoms with Crippen LogP contribution in [0.1, 0.15) is 56.9 Å². The van der Waals surface area contributed by atoms with E-state index in [0.717, 1.165) is 67.7 Å². The third-order valence-corrected chi connectivity index (χ3v) is 8.07. The molecule has 4 nitrogen and oxygen atoms in total. The molecule has 0 atom stereocenters. The van der Waals surface area contributed by atoms with E-state index < -0.39 is 10.0 Å². The van der Waals surface area contributed by atoms with Crippen LogP contribution >= 0.6 is 15.9 Å². The highest BCUT2D eigenvalue weighted by molar-refractivity contribution is 9.10. The van der Waals surface area contributed by atoms with E-state index in [9.17, 15) is 12.8 Å². The largest absolute Gasteiger partial charge is 0.303 e. The fourth-order valence-electron chi connectivity index (χ4n) is 4.90. The Morgan fingerprint density at radius 1 is 1.10 bits per heavy atom. The monoisotopic (exact) mass is 488 g/mol. The Bertz CT molecular complexity index is 758. The van der Waals surface area contributed by atoms with Crippen LogP contribution in [0.4, 0.5) is 4.39 Å². The van der Waals surface area contributed by atoms with E-state index in [2.05, 4.69) is 25.6 Å². The second-order valence-corrected chi connectivity index (χ2v) is 11.6. The van der Waals surface area contributed by atoms with Gasteiger partial charge in [-0.3, -0.25) is 0 Å². The normalized spacial score (nSPS) is 24.7. The lowest BCUT2D eigenvalue weighted by Crippen LogP contribution is -2.37. The lowest BCUT2D eigenvalue weighted by molar-refractivity contribution is 0.175. The Morgan fingerprint density at radius 2 is 1.79 bits per heavy atom. The Labute approximate surface area is 183 Å². The van der Waals surface area contributed by atoms with Gasteiger partial charge in [0.2, 0.25) is 10.0 Å². The maximum atomic E-state index is 13.5. The van der Waals surface area contributed by atoms with Crippen LogP contribution in [-0.2, 0) is 16.4 Å². The summed E-state index contributed by atoms with van der Waals surface area (Å²) < 4.78 is 40.0. The molecule has 1 N–H and O–H groups in total. The number of halogens is 2. The highest BCUT2D eigenvalue weighted by atomic mass is 79.9. The molecule has 29 heavy (non-hydrogen) atoms. The molecule has 1 heterocycles. The van der Waals surface area contributed by atoms with Crippen LogP contribution in [0.2, 0.25) is 0 Å². The van der Waals surface area contributed by atoms with Crippen molar-refractivity contribution in [2.75, 3.05) is 25.9 Å². The Morgan fingerprint density at radius 3 is 2.45 bits per heavy atom. The maximum absolute atomic E-state index is 13.5. The average molecular weight is 489 g/mol. The first-order valence-electron chi connectivity index (χ1n) is 10.9. The summed E-state index contributed by atoms with van der Waals surface area (Å²) in [7, 11) is -3.08. The number of likely N-dealkylation sites (tertiary alicyclic amines) is 1. The zero-order valence-corrected chi connectivity index (χ0v) is 19.8. The molecule has 0 bridgehead atoms. The van der Waals surface area contributed by atoms with E-state index in [1.165, 1.54) is 38.0 Å². The lowest BCUT2D eigenvalue weighted by Gasteiger charge is -2.33. The number of hydrogen-bond donors (Lipinski definition) is 1. The van der Waals surface area contributed by atoms with Crippen molar-refractivity contribution in [2.45, 2.75) is 63.8 Å². The van der Waals surface area contributed by atoms with Crippen molar-refractivity contribution in [3.63, 3.8) is 0 Å². The van der Waals surface area contributed by atoms with Gasteiger partial charge in [-0.1, -0.05) is 15.9 Å². The summed E-state index contributed by atoms with van der Waals surface area (Å²) in [6, 6.07) is 5.12. The van der Waals surface area contributed by atoms with E-state index in [0.29, 0.717) is 5.92 Å². The van der Waals surface area contributed by atoms with Gasteiger partial charge in [0.25, 0.3) is 0 Å². The summed E-state index contributed by atoms with van der Waals surface area (Å²) in [5.74, 6) is 1.24. The molecule has 3 rings (SSSR count). The minimum absolute atomic E-state index is 0.137. The summed E-state index contributed by atoms with van der Waals surface area (Å²) in [4.78, 5) is 2.58. The van der Waals surface area contributed by atoms with Crippen LogP contribution in [0.3, 0.4) is 0 Å². The van der Waals surface area contributed by atoms with E-state index in [4.69, 9.17) is 0 Å². The van der Waals surface area contributed by atoms with E-state index in [1.54, 1.807) is 6.07 Å². The first kappa shape index (κ1) is 23.2. The maximum Gasteiger partial charge on any atom is 0.208 e. The van der Waals surface area contributed by atoms with Crippen LogP contribution in [0.25, 0.3) is 0 Å². The second-order valence-electron chi connectivity index (χ2n) is 8.97. The molecular weight excluding hydrogens is 455 g/mol. The van der Waals surface area contributed by atoms with E-state index in [-0.39, 0.29) is 11.9 Å². The zero-order chi connectivity index (χ0) is 20.9. The van der Waals surface area contributed by atoms with Crippen molar-refractivity contribution in [1.29, 1.82) is 0 Å². The molecule has 0 radical (unpaired) electrons. The Balaban J connectivity index is 1.30. The molecule has 1 aliphatic carbocycles. The summed E-state index contributed by atoms with van der Waals surface area (Å²) in [6.45, 7) is 3.45. The smallest absolute Gasteiger partial charge is 0.208 e. The number of nitrogens with zero attached hydrogens (tertiary/aromatic N) is 1. The van der Waals surface area contributed by atoms with Crippen LogP contribution in [0.15, 0.2) is 22.7 Å². The molecule has 164 valence electrons. The molecule has 1 saturated carbocycles. The number of piperidine rings is 1. The second kappa shape index (κ2) is 10.7. The molecule has 0 aromatic heterocycles. The van der Waals surface area contributed by atoms with Gasteiger partial charge in [0.15, 0.2) is 0 Å². The molecular formula is C22H34BrFN2O2S. The summed E-state index contributed by atoms with van der Waals surface area (Å²) in [5.41, 5.74) is 1.09. The molecule has 2 aliphatic rings. The predicted octanol–water partition coefficient (Wildman–Crippen LogP) is 4.73. The Kier molecular flexibility index (Phi) is 8.54. The van der Waals surface area contributed by atoms with Gasteiger partial charge in [-0.15, -0.1) is 0 Å². The van der Waals surface area contributed by atoms with Crippen molar-refractivity contribution in [1.82, 2.24) is 9.62 Å². The van der Waals surface area contributed by atoms with Gasteiger partial charge in [-0.25, -0.2) is 17.5 Å². The van der Waals surface area contributed by atoms with Crippen molar-refractivity contribution in [3.8, 4) is 0 Å². The molecule has 2 fully saturated rings. The molecule has 0 unspecified atom stereocenters. The number of sulfonamides is 1. The third kappa shape index (κ3) is 7.93. The van der Waals surface area contributed by atoms with Crippen molar-refractivity contribution < 1.29 is 12.8 Å². The molecule has 1 saturated heterocycles. The molecule has 1 aromatic rings. The number of rotatable bonds is 8. The van der Waals surface area contributed by atoms with Crippen molar-refractivity contribution >= 4 is 26.0 Å². The standard InChI is InChI=1S/C22H34BrFN2O2S/c1-29(27,28)25-21-7-4-17(5-8-21)3-2-12-26-13-10-18(11-14-26)15-19-16-20(24)6-9-22(19)23/h6,9,16-18,21,25H,2-5,7-8,10-15H2,1H3/t17-,21-. The molecule has 0 amide bonds. The SMILES string of the molecule is CS(=O)(=O)N[C@H]1CC[C@H](CCCN2CCC(Cc3cc(F)ccc3Br)CC2)CC1. The van der Waals surface area contributed by atoms with Crippen LogP contribution in [0.5, 0.6) is 0 Å². The van der Waals surface area contributed by atoms with Gasteiger partial charge >= 0.3 is 0 Å². The first-order valence-corrected chi connectivity index (χ1v) is 13.6. The lowest BCUT2D eigenvalue weighted by atomic mass is 9.83. The van der Waals surface area contributed by atoms with E-state index in [1.807, 2.05) is 6.07 Å². The van der Waals surface area contributed by atoms with Crippen LogP contribution in [-0.4, -0.2) is 45.2 Å². The minimum atomic E-state index is -3.08. The molecule has 1 aliphatic heterocycles. The van der Waals surface area contributed by atoms with E-state index >= 15 is 0 Å². The topological polar surface area (TPSA) is 49.4 Å². The number of nitrogens with one attached hydrogen (secondary N) is 1. The predicted molar refractivity (Wildman–Crippen MR) is 120 cm³/mol. The number of benzene rings is 1. The quantitative estimate of drug-likeness (QED) is 0.575. The van der Waals surface area contributed by atoms with Gasteiger partial charge in [0.05, 0.1) is 6.26 Å². The fourth-order valence-corrected chi connectivity index (χ4v) is 6.15. The first-order chi connectivity index (χ1) is 13.8. The average Bonchev–Trinajstić information content (AvgIpc) is 2.66. The van der Waals surface area contributed by atoms with Crippen molar-refractivity contribution in [3.05, 3.63) is 34.1 Å². The van der Waals surface area contributed by atoms with Crippen molar-refractivity contribution in [2.24, 2.45) is 11.8 Å². The van der Waals surface area contributed by atoms with Crippen LogP contribution < -0.4 is 4.72 Å². The molecule has 1 aromatic carbocycles. The molecule has 7 heteroatoms. The highest BCUT2D eigenvalue weighted by Gasteiger charge is 2.24. The fraction of sp³-hybridized carbons (Fsp3) is 0.727. The van der Waals surface area contributed by atoms with Gasteiger partial charge in [0.1, 0.15) is 5.82 Å². The van der Waals surface area contributed by atoms with Gasteiger partial charge in [-0.05, 0) is 113 Å². The summed E-state index contributed by atoms with van der Waals surface area (Å²) >= 11 is 3.55. The highest BCUT2D eigenvalue weighted by Crippen LogP contribution is 2.29. The zero-order valence-electron chi connectivity index (χ0n) is 17.4. The molecule has 0 spiro atoms. The van der Waals surface area contributed by atoms with Gasteiger partial charge in [-0.2, -0.15) is 0 Å². The summed E-state index contributed by atoms with van der Waals surface area (Å²) in [5, 5.41) is 0. The number of hydrogen-bond acceptors (Lipinski definition) is 3. The van der Waals surface area contributed by atoms with Crippen LogP contribution in [0, 0.1) is 17.7 Å².